The van der Waals surface area contributed by atoms with Crippen LogP contribution < -0.4 is 0 Å². The first kappa shape index (κ1) is 20.3. The number of Topliss-reactive ketones (excluding diaryl/α,β-unsaturated/α-hetero) is 1. The van der Waals surface area contributed by atoms with Crippen LogP contribution in [0.25, 0.3) is 0 Å². The van der Waals surface area contributed by atoms with E-state index in [-0.39, 0.29) is 37.4 Å². The molecule has 0 aromatic rings. The molecule has 0 aromatic heterocycles. The topological polar surface area (TPSA) is 80.3 Å². The first-order valence-corrected chi connectivity index (χ1v) is 8.95. The Kier molecular flexibility index (Phi) is 6.59. The summed E-state index contributed by atoms with van der Waals surface area (Å²) in [6, 6.07) is 0. The zero-order chi connectivity index (χ0) is 18.7. The van der Waals surface area contributed by atoms with Gasteiger partial charge in [0.25, 0.3) is 0 Å². The van der Waals surface area contributed by atoms with Crippen LogP contribution in [0.1, 0.15) is 53.9 Å². The third-order valence-corrected chi connectivity index (χ3v) is 4.31. The van der Waals surface area contributed by atoms with Crippen molar-refractivity contribution in [2.75, 3.05) is 19.8 Å². The predicted octanol–water partition coefficient (Wildman–Crippen LogP) is 2.21. The molecule has 2 saturated heterocycles. The van der Waals surface area contributed by atoms with E-state index >= 15 is 0 Å². The van der Waals surface area contributed by atoms with E-state index in [1.165, 1.54) is 0 Å². The van der Waals surface area contributed by atoms with Gasteiger partial charge in [-0.05, 0) is 47.5 Å². The van der Waals surface area contributed by atoms with Crippen molar-refractivity contribution >= 4 is 11.8 Å². The number of hydrogen-bond acceptors (Lipinski definition) is 7. The maximum absolute atomic E-state index is 12.6. The van der Waals surface area contributed by atoms with E-state index in [9.17, 15) is 9.59 Å². The highest BCUT2D eigenvalue weighted by Crippen LogP contribution is 2.29. The molecule has 3 atom stereocenters. The summed E-state index contributed by atoms with van der Waals surface area (Å²) < 4.78 is 27.5. The molecule has 0 bridgehead atoms. The van der Waals surface area contributed by atoms with Crippen molar-refractivity contribution in [1.29, 1.82) is 0 Å². The zero-order valence-electron chi connectivity index (χ0n) is 15.8. The summed E-state index contributed by atoms with van der Waals surface area (Å²) in [5.41, 5.74) is 0. The Balaban J connectivity index is 1.90. The molecule has 2 aliphatic heterocycles. The minimum absolute atomic E-state index is 0.133. The molecule has 144 valence electrons. The Morgan fingerprint density at radius 3 is 2.08 bits per heavy atom. The molecular formula is C18H30O7. The van der Waals surface area contributed by atoms with Crippen LogP contribution in [-0.2, 0) is 33.3 Å². The molecule has 2 heterocycles. The number of ether oxygens (including phenoxy) is 5. The molecule has 2 rings (SSSR count). The van der Waals surface area contributed by atoms with Crippen LogP contribution in [-0.4, -0.2) is 55.4 Å². The van der Waals surface area contributed by atoms with Crippen molar-refractivity contribution in [3.63, 3.8) is 0 Å². The Morgan fingerprint density at radius 1 is 1.04 bits per heavy atom. The molecule has 2 fully saturated rings. The van der Waals surface area contributed by atoms with E-state index in [0.29, 0.717) is 19.6 Å². The number of hydrogen-bond donors (Lipinski definition) is 0. The van der Waals surface area contributed by atoms with Gasteiger partial charge in [-0.2, -0.15) is 0 Å². The Morgan fingerprint density at radius 2 is 1.60 bits per heavy atom. The molecule has 0 N–H and O–H groups in total. The minimum atomic E-state index is -0.835. The third kappa shape index (κ3) is 6.02. The van der Waals surface area contributed by atoms with E-state index < -0.39 is 23.5 Å². The van der Waals surface area contributed by atoms with Crippen LogP contribution >= 0.6 is 0 Å². The van der Waals surface area contributed by atoms with Gasteiger partial charge in [-0.3, -0.25) is 9.59 Å². The van der Waals surface area contributed by atoms with Gasteiger partial charge >= 0.3 is 5.97 Å². The van der Waals surface area contributed by atoms with Crippen LogP contribution in [0, 0.1) is 5.92 Å². The average Bonchev–Trinajstić information content (AvgIpc) is 3.04. The lowest BCUT2D eigenvalue weighted by Gasteiger charge is -2.20. The average molecular weight is 358 g/mol. The highest BCUT2D eigenvalue weighted by atomic mass is 16.7. The van der Waals surface area contributed by atoms with Crippen LogP contribution in [0.3, 0.4) is 0 Å². The van der Waals surface area contributed by atoms with Crippen molar-refractivity contribution in [3.8, 4) is 0 Å². The Hall–Kier alpha value is -1.02. The second kappa shape index (κ2) is 8.12. The van der Waals surface area contributed by atoms with Crippen LogP contribution in [0.15, 0.2) is 0 Å². The van der Waals surface area contributed by atoms with E-state index in [4.69, 9.17) is 23.7 Å². The summed E-state index contributed by atoms with van der Waals surface area (Å²) in [5.74, 6) is -2.79. The smallest absolute Gasteiger partial charge is 0.316 e. The molecule has 0 saturated carbocycles. The fourth-order valence-corrected chi connectivity index (χ4v) is 3.13. The Labute approximate surface area is 149 Å². The molecule has 25 heavy (non-hydrogen) atoms. The van der Waals surface area contributed by atoms with Crippen LogP contribution in [0.4, 0.5) is 0 Å². The number of carbonyl (C=O) groups excluding carboxylic acids is 2. The molecule has 7 nitrogen and oxygen atoms in total. The first-order chi connectivity index (χ1) is 11.6. The number of rotatable bonds is 8. The summed E-state index contributed by atoms with van der Waals surface area (Å²) in [6.45, 7) is 10.1. The predicted molar refractivity (Wildman–Crippen MR) is 88.8 cm³/mol. The van der Waals surface area contributed by atoms with Crippen molar-refractivity contribution in [2.24, 2.45) is 5.92 Å². The van der Waals surface area contributed by atoms with Crippen molar-refractivity contribution in [2.45, 2.75) is 77.7 Å². The van der Waals surface area contributed by atoms with Gasteiger partial charge in [0.15, 0.2) is 11.6 Å². The van der Waals surface area contributed by atoms with E-state index in [0.717, 1.165) is 0 Å². The maximum atomic E-state index is 12.6. The molecule has 0 spiro atoms. The summed E-state index contributed by atoms with van der Waals surface area (Å²) >= 11 is 0. The lowest BCUT2D eigenvalue weighted by atomic mass is 9.93. The minimum Gasteiger partial charge on any atom is -0.465 e. The molecule has 2 aliphatic rings. The summed E-state index contributed by atoms with van der Waals surface area (Å²) in [6.07, 6.45) is 0.607. The quantitative estimate of drug-likeness (QED) is 0.486. The van der Waals surface area contributed by atoms with Crippen LogP contribution in [0.2, 0.25) is 0 Å². The van der Waals surface area contributed by atoms with Gasteiger partial charge in [-0.25, -0.2) is 0 Å². The van der Waals surface area contributed by atoms with Crippen molar-refractivity contribution in [1.82, 2.24) is 0 Å². The second-order valence-electron chi connectivity index (χ2n) is 7.45. The monoisotopic (exact) mass is 358 g/mol. The second-order valence-corrected chi connectivity index (χ2v) is 7.45. The normalized spacial score (nSPS) is 28.7. The summed E-state index contributed by atoms with van der Waals surface area (Å²) in [7, 11) is 0. The van der Waals surface area contributed by atoms with Crippen molar-refractivity contribution < 1.29 is 33.3 Å². The molecule has 0 aromatic carbocycles. The fourth-order valence-electron chi connectivity index (χ4n) is 3.13. The number of ketones is 1. The molecular weight excluding hydrogens is 328 g/mol. The lowest BCUT2D eigenvalue weighted by Crippen LogP contribution is -2.32. The Bertz CT molecular complexity index is 486. The molecule has 0 radical (unpaired) electrons. The number of esters is 1. The van der Waals surface area contributed by atoms with Crippen LogP contribution in [0.5, 0.6) is 0 Å². The first-order valence-electron chi connectivity index (χ1n) is 8.95. The summed E-state index contributed by atoms with van der Waals surface area (Å²) in [5, 5.41) is 0. The molecule has 0 amide bonds. The zero-order valence-corrected chi connectivity index (χ0v) is 15.8. The molecule has 1 unspecified atom stereocenters. The third-order valence-electron chi connectivity index (χ3n) is 4.31. The van der Waals surface area contributed by atoms with Gasteiger partial charge in [0.2, 0.25) is 0 Å². The van der Waals surface area contributed by atoms with Gasteiger partial charge in [-0.15, -0.1) is 0 Å². The standard InChI is InChI=1S/C18H30O7/c1-6-21-16(20)14(9-13-11-23-18(4,5)25-13)15(19)8-7-12-10-22-17(2,3)24-12/h12-14H,6-11H2,1-5H3/t12-,13-,14?/m0/s1. The van der Waals surface area contributed by atoms with Gasteiger partial charge in [0.05, 0.1) is 32.0 Å². The highest BCUT2D eigenvalue weighted by Gasteiger charge is 2.39. The molecule has 7 heteroatoms. The lowest BCUT2D eigenvalue weighted by molar-refractivity contribution is -0.158. The SMILES string of the molecule is CCOC(=O)C(C[C@H]1COC(C)(C)O1)C(=O)CC[C@H]1COC(C)(C)O1. The van der Waals surface area contributed by atoms with Gasteiger partial charge in [0, 0.05) is 6.42 Å². The van der Waals surface area contributed by atoms with Crippen molar-refractivity contribution in [3.05, 3.63) is 0 Å². The van der Waals surface area contributed by atoms with E-state index in [1.54, 1.807) is 6.92 Å². The number of carbonyl (C=O) groups is 2. The van der Waals surface area contributed by atoms with E-state index in [2.05, 4.69) is 0 Å². The maximum Gasteiger partial charge on any atom is 0.316 e. The van der Waals surface area contributed by atoms with Gasteiger partial charge < -0.3 is 23.7 Å². The van der Waals surface area contributed by atoms with E-state index in [1.807, 2.05) is 27.7 Å². The highest BCUT2D eigenvalue weighted by molar-refractivity contribution is 5.99. The van der Waals surface area contributed by atoms with Gasteiger partial charge in [-0.1, -0.05) is 0 Å². The summed E-state index contributed by atoms with van der Waals surface area (Å²) in [4.78, 5) is 24.9. The van der Waals surface area contributed by atoms with Gasteiger partial charge in [0.1, 0.15) is 11.7 Å². The largest absolute Gasteiger partial charge is 0.465 e. The molecule has 0 aliphatic carbocycles. The fraction of sp³-hybridized carbons (Fsp3) is 0.889.